The number of esters is 1. The summed E-state index contributed by atoms with van der Waals surface area (Å²) in [6.07, 6.45) is 1.58. The Morgan fingerprint density at radius 3 is 2.24 bits per heavy atom. The number of fused-ring (bicyclic) bond motifs is 1. The molecule has 1 heterocycles. The third kappa shape index (κ3) is 4.18. The summed E-state index contributed by atoms with van der Waals surface area (Å²) in [5.41, 5.74) is 1.74. The van der Waals surface area contributed by atoms with Gasteiger partial charge in [0.25, 0.3) is 0 Å². The Morgan fingerprint density at radius 2 is 1.62 bits per heavy atom. The highest BCUT2D eigenvalue weighted by molar-refractivity contribution is 6.33. The molecule has 3 aromatic carbocycles. The molecule has 0 aliphatic carbocycles. The molecule has 1 aliphatic heterocycles. The number of ketones is 1. The first-order valence-corrected chi connectivity index (χ1v) is 10.6. The van der Waals surface area contributed by atoms with Crippen LogP contribution in [0.5, 0.6) is 28.7 Å². The lowest BCUT2D eigenvalue weighted by atomic mass is 10.1. The average molecular weight is 481 g/mol. The van der Waals surface area contributed by atoms with E-state index in [1.807, 2.05) is 0 Å². The first kappa shape index (κ1) is 23.2. The van der Waals surface area contributed by atoms with Crippen molar-refractivity contribution in [1.29, 1.82) is 0 Å². The molecule has 0 bridgehead atoms. The molecule has 0 fully saturated rings. The van der Waals surface area contributed by atoms with Crippen LogP contribution in [0.15, 0.2) is 54.3 Å². The van der Waals surface area contributed by atoms with Crippen LogP contribution in [0.25, 0.3) is 6.08 Å². The molecule has 0 atom stereocenters. The number of hydrogen-bond acceptors (Lipinski definition) is 7. The lowest BCUT2D eigenvalue weighted by Crippen LogP contribution is -2.10. The number of Topliss-reactive ketones (excluding diaryl/α,β-unsaturated/α-hetero) is 1. The first-order chi connectivity index (χ1) is 16.4. The maximum absolute atomic E-state index is 13.0. The van der Waals surface area contributed by atoms with E-state index in [0.717, 1.165) is 0 Å². The van der Waals surface area contributed by atoms with Gasteiger partial charge in [-0.3, -0.25) is 4.79 Å². The van der Waals surface area contributed by atoms with Gasteiger partial charge in [0.1, 0.15) is 11.5 Å². The fraction of sp³-hybridized carbons (Fsp3) is 0.154. The zero-order valence-electron chi connectivity index (χ0n) is 18.9. The number of carbonyl (C=O) groups excluding carboxylic acids is 2. The molecule has 34 heavy (non-hydrogen) atoms. The summed E-state index contributed by atoms with van der Waals surface area (Å²) in [6.45, 7) is 1.71. The molecular formula is C26H21ClO7. The van der Waals surface area contributed by atoms with Crippen LogP contribution in [0.3, 0.4) is 0 Å². The number of rotatable bonds is 6. The second-order valence-corrected chi connectivity index (χ2v) is 7.74. The lowest BCUT2D eigenvalue weighted by molar-refractivity contribution is 0.0733. The Hall–Kier alpha value is -3.97. The maximum atomic E-state index is 13.0. The molecule has 0 unspecified atom stereocenters. The Kier molecular flexibility index (Phi) is 6.47. The molecule has 174 valence electrons. The van der Waals surface area contributed by atoms with Gasteiger partial charge in [-0.1, -0.05) is 23.7 Å². The van der Waals surface area contributed by atoms with Crippen LogP contribution in [-0.4, -0.2) is 33.1 Å². The maximum Gasteiger partial charge on any atom is 0.345 e. The topological polar surface area (TPSA) is 80.3 Å². The summed E-state index contributed by atoms with van der Waals surface area (Å²) in [7, 11) is 4.53. The summed E-state index contributed by atoms with van der Waals surface area (Å²) >= 11 is 6.09. The van der Waals surface area contributed by atoms with Crippen LogP contribution in [0.1, 0.15) is 31.8 Å². The molecule has 0 spiro atoms. The van der Waals surface area contributed by atoms with E-state index in [4.69, 9.17) is 35.3 Å². The quantitative estimate of drug-likeness (QED) is 0.261. The smallest absolute Gasteiger partial charge is 0.345 e. The number of halogens is 1. The molecular weight excluding hydrogens is 460 g/mol. The average Bonchev–Trinajstić information content (AvgIpc) is 3.16. The van der Waals surface area contributed by atoms with Gasteiger partial charge in [-0.15, -0.1) is 0 Å². The standard InChI is InChI=1S/C26H21ClO7/c1-14-19(34-26(29)16-7-5-6-8-18(16)27)10-9-17-23(28)20(33-24(14)17)11-15-12-21(30-2)25(32-4)22(13-15)31-3/h5-13H,1-4H3/b20-11-. The van der Waals surface area contributed by atoms with Crippen molar-refractivity contribution < 1.29 is 33.3 Å². The predicted octanol–water partition coefficient (Wildman–Crippen LogP) is 5.51. The van der Waals surface area contributed by atoms with Gasteiger partial charge in [-0.2, -0.15) is 0 Å². The van der Waals surface area contributed by atoms with E-state index in [9.17, 15) is 9.59 Å². The van der Waals surface area contributed by atoms with Gasteiger partial charge in [0, 0.05) is 5.56 Å². The van der Waals surface area contributed by atoms with Gasteiger partial charge in [0.2, 0.25) is 11.5 Å². The number of carbonyl (C=O) groups is 2. The second-order valence-electron chi connectivity index (χ2n) is 7.33. The van der Waals surface area contributed by atoms with Crippen molar-refractivity contribution in [2.45, 2.75) is 6.92 Å². The van der Waals surface area contributed by atoms with Gasteiger partial charge in [-0.25, -0.2) is 4.79 Å². The van der Waals surface area contributed by atoms with Crippen LogP contribution in [0.2, 0.25) is 5.02 Å². The summed E-state index contributed by atoms with van der Waals surface area (Å²) < 4.78 is 27.5. The third-order valence-electron chi connectivity index (χ3n) is 5.32. The molecule has 7 nitrogen and oxygen atoms in total. The number of ether oxygens (including phenoxy) is 5. The Morgan fingerprint density at radius 1 is 0.941 bits per heavy atom. The molecule has 1 aliphatic rings. The van der Waals surface area contributed by atoms with Gasteiger partial charge < -0.3 is 23.7 Å². The van der Waals surface area contributed by atoms with E-state index in [1.54, 1.807) is 61.5 Å². The summed E-state index contributed by atoms with van der Waals surface area (Å²) in [5, 5.41) is 0.285. The normalized spacial score (nSPS) is 13.3. The van der Waals surface area contributed by atoms with Gasteiger partial charge in [0.15, 0.2) is 17.3 Å². The third-order valence-corrected chi connectivity index (χ3v) is 5.65. The second kappa shape index (κ2) is 9.49. The van der Waals surface area contributed by atoms with Crippen LogP contribution in [-0.2, 0) is 0 Å². The molecule has 0 radical (unpaired) electrons. The molecule has 8 heteroatoms. The molecule has 0 saturated heterocycles. The highest BCUT2D eigenvalue weighted by atomic mass is 35.5. The van der Waals surface area contributed by atoms with Crippen LogP contribution >= 0.6 is 11.6 Å². The first-order valence-electron chi connectivity index (χ1n) is 10.2. The predicted molar refractivity (Wildman–Crippen MR) is 127 cm³/mol. The number of methoxy groups -OCH3 is 3. The van der Waals surface area contributed by atoms with Gasteiger partial charge >= 0.3 is 5.97 Å². The number of allylic oxidation sites excluding steroid dienone is 1. The molecule has 3 aromatic rings. The minimum atomic E-state index is -0.605. The number of benzene rings is 3. The van der Waals surface area contributed by atoms with Gasteiger partial charge in [-0.05, 0) is 55.0 Å². The fourth-order valence-electron chi connectivity index (χ4n) is 3.60. The highest BCUT2D eigenvalue weighted by Gasteiger charge is 2.31. The monoisotopic (exact) mass is 480 g/mol. The van der Waals surface area contributed by atoms with Crippen LogP contribution < -0.4 is 23.7 Å². The van der Waals surface area contributed by atoms with E-state index < -0.39 is 5.97 Å². The van der Waals surface area contributed by atoms with Crippen molar-refractivity contribution >= 4 is 29.4 Å². The Balaban J connectivity index is 1.65. The Labute approximate surface area is 201 Å². The van der Waals surface area contributed by atoms with Crippen molar-refractivity contribution in [2.24, 2.45) is 0 Å². The summed E-state index contributed by atoms with van der Waals surface area (Å²) in [4.78, 5) is 25.5. The summed E-state index contributed by atoms with van der Waals surface area (Å²) in [6, 6.07) is 13.1. The van der Waals surface area contributed by atoms with E-state index >= 15 is 0 Å². The minimum Gasteiger partial charge on any atom is -0.493 e. The van der Waals surface area contributed by atoms with Crippen molar-refractivity contribution in [1.82, 2.24) is 0 Å². The van der Waals surface area contributed by atoms with E-state index in [-0.39, 0.29) is 27.9 Å². The van der Waals surface area contributed by atoms with E-state index in [1.165, 1.54) is 21.3 Å². The van der Waals surface area contributed by atoms with Crippen LogP contribution in [0, 0.1) is 6.92 Å². The van der Waals surface area contributed by atoms with Crippen molar-refractivity contribution in [3.05, 3.63) is 81.6 Å². The lowest BCUT2D eigenvalue weighted by Gasteiger charge is -2.13. The SMILES string of the molecule is COc1cc(/C=C2\Oc3c(ccc(OC(=O)c4ccccc4Cl)c3C)C2=O)cc(OC)c1OC. The molecule has 0 saturated carbocycles. The zero-order chi connectivity index (χ0) is 24.4. The molecule has 4 rings (SSSR count). The van der Waals surface area contributed by atoms with E-state index in [2.05, 4.69) is 0 Å². The Bertz CT molecular complexity index is 1300. The minimum absolute atomic E-state index is 0.113. The van der Waals surface area contributed by atoms with Crippen molar-refractivity contribution in [3.63, 3.8) is 0 Å². The van der Waals surface area contributed by atoms with Gasteiger partial charge in [0.05, 0.1) is 37.5 Å². The molecule has 0 aromatic heterocycles. The molecule has 0 N–H and O–H groups in total. The van der Waals surface area contributed by atoms with Crippen LogP contribution in [0.4, 0.5) is 0 Å². The zero-order valence-corrected chi connectivity index (χ0v) is 19.7. The molecule has 0 amide bonds. The summed E-state index contributed by atoms with van der Waals surface area (Å²) in [5.74, 6) is 1.14. The number of hydrogen-bond donors (Lipinski definition) is 0. The van der Waals surface area contributed by atoms with Crippen molar-refractivity contribution in [2.75, 3.05) is 21.3 Å². The van der Waals surface area contributed by atoms with Crippen molar-refractivity contribution in [3.8, 4) is 28.7 Å². The highest BCUT2D eigenvalue weighted by Crippen LogP contribution is 2.42. The fourth-order valence-corrected chi connectivity index (χ4v) is 3.81. The largest absolute Gasteiger partial charge is 0.493 e. The van der Waals surface area contributed by atoms with E-state index in [0.29, 0.717) is 39.7 Å².